The molecule has 0 amide bonds. The minimum atomic E-state index is -0.0787. The molecule has 52 valence electrons. The van der Waals surface area contributed by atoms with Crippen LogP contribution in [0.15, 0.2) is 0 Å². The molecule has 2 nitrogen and oxygen atoms in total. The maximum atomic E-state index is 10.6. The van der Waals surface area contributed by atoms with Crippen LogP contribution in [0.2, 0.25) is 0 Å². The summed E-state index contributed by atoms with van der Waals surface area (Å²) in [5.74, 6) is 0.646. The molecule has 2 heteroatoms. The summed E-state index contributed by atoms with van der Waals surface area (Å²) < 4.78 is 5.09. The molecule has 0 bridgehead atoms. The van der Waals surface area contributed by atoms with Gasteiger partial charge in [0, 0.05) is 0 Å². The van der Waals surface area contributed by atoms with Crippen molar-refractivity contribution in [1.29, 1.82) is 0 Å². The Balaban J connectivity index is 2.33. The van der Waals surface area contributed by atoms with Crippen molar-refractivity contribution in [3.8, 4) is 0 Å². The van der Waals surface area contributed by atoms with Gasteiger partial charge >= 0.3 is 0 Å². The molecule has 1 aliphatic rings. The molecule has 1 rings (SSSR count). The van der Waals surface area contributed by atoms with E-state index in [-0.39, 0.29) is 18.0 Å². The van der Waals surface area contributed by atoms with Gasteiger partial charge in [-0.3, -0.25) is 4.79 Å². The number of ether oxygens (including phenoxy) is 1. The molecule has 0 aromatic carbocycles. The van der Waals surface area contributed by atoms with Crippen LogP contribution in [-0.2, 0) is 9.53 Å². The quantitative estimate of drug-likeness (QED) is 0.519. The second-order valence-corrected chi connectivity index (χ2v) is 2.88. The Morgan fingerprint density at radius 2 is 2.11 bits per heavy atom. The molecule has 0 unspecified atom stereocenters. The molecular weight excluding hydrogens is 116 g/mol. The van der Waals surface area contributed by atoms with Crippen LogP contribution in [0.4, 0.5) is 0 Å². The normalized spacial score (nSPS) is 32.9. The Bertz CT molecular complexity index is 129. The Morgan fingerprint density at radius 1 is 1.56 bits per heavy atom. The van der Waals surface area contributed by atoms with E-state index < -0.39 is 0 Å². The van der Waals surface area contributed by atoms with Crippen LogP contribution in [0.1, 0.15) is 20.8 Å². The van der Waals surface area contributed by atoms with Crippen molar-refractivity contribution in [1.82, 2.24) is 0 Å². The largest absolute Gasteiger partial charge is 0.361 e. The summed E-state index contributed by atoms with van der Waals surface area (Å²) in [6, 6.07) is 0. The third-order valence-electron chi connectivity index (χ3n) is 1.58. The molecule has 0 aromatic heterocycles. The van der Waals surface area contributed by atoms with E-state index in [1.807, 2.05) is 0 Å². The lowest BCUT2D eigenvalue weighted by molar-refractivity contribution is -0.118. The van der Waals surface area contributed by atoms with Crippen LogP contribution in [0.3, 0.4) is 0 Å². The third kappa shape index (κ3) is 1.30. The van der Waals surface area contributed by atoms with Crippen molar-refractivity contribution in [2.45, 2.75) is 33.0 Å². The molecule has 1 fully saturated rings. The van der Waals surface area contributed by atoms with Crippen molar-refractivity contribution < 1.29 is 9.53 Å². The summed E-state index contributed by atoms with van der Waals surface area (Å²) in [7, 11) is 0. The third-order valence-corrected chi connectivity index (χ3v) is 1.58. The zero-order chi connectivity index (χ0) is 7.02. The lowest BCUT2D eigenvalue weighted by Crippen LogP contribution is -2.08. The predicted molar refractivity (Wildman–Crippen MR) is 34.2 cm³/mol. The molecular formula is C7H12O2. The van der Waals surface area contributed by atoms with Crippen molar-refractivity contribution in [3.05, 3.63) is 0 Å². The second kappa shape index (κ2) is 2.10. The fourth-order valence-electron chi connectivity index (χ4n) is 0.958. The van der Waals surface area contributed by atoms with Crippen LogP contribution in [-0.4, -0.2) is 18.0 Å². The van der Waals surface area contributed by atoms with Gasteiger partial charge in [0.1, 0.15) is 6.10 Å². The first kappa shape index (κ1) is 6.75. The first-order valence-electron chi connectivity index (χ1n) is 3.29. The van der Waals surface area contributed by atoms with Crippen molar-refractivity contribution >= 4 is 5.78 Å². The van der Waals surface area contributed by atoms with E-state index in [0.29, 0.717) is 5.92 Å². The number of hydrogen-bond acceptors (Lipinski definition) is 2. The van der Waals surface area contributed by atoms with Gasteiger partial charge in [-0.25, -0.2) is 0 Å². The smallest absolute Gasteiger partial charge is 0.161 e. The highest BCUT2D eigenvalue weighted by atomic mass is 16.6. The summed E-state index contributed by atoms with van der Waals surface area (Å²) in [4.78, 5) is 10.6. The molecule has 0 aromatic rings. The van der Waals surface area contributed by atoms with E-state index in [1.54, 1.807) is 6.92 Å². The average Bonchev–Trinajstić information content (AvgIpc) is 2.39. The SMILES string of the molecule is CC(=O)[C@@H]1O[C@H]1C(C)C. The van der Waals surface area contributed by atoms with Crippen LogP contribution >= 0.6 is 0 Å². The number of ketones is 1. The van der Waals surface area contributed by atoms with Gasteiger partial charge in [0.05, 0.1) is 6.10 Å². The Morgan fingerprint density at radius 3 is 2.22 bits per heavy atom. The van der Waals surface area contributed by atoms with E-state index in [2.05, 4.69) is 13.8 Å². The van der Waals surface area contributed by atoms with E-state index in [1.165, 1.54) is 0 Å². The van der Waals surface area contributed by atoms with E-state index >= 15 is 0 Å². The maximum absolute atomic E-state index is 10.6. The van der Waals surface area contributed by atoms with E-state index in [9.17, 15) is 4.79 Å². The molecule has 0 N–H and O–H groups in total. The number of rotatable bonds is 2. The number of epoxide rings is 1. The Labute approximate surface area is 55.2 Å². The van der Waals surface area contributed by atoms with Gasteiger partial charge in [0.15, 0.2) is 5.78 Å². The lowest BCUT2D eigenvalue weighted by Gasteiger charge is -1.93. The molecule has 0 saturated carbocycles. The van der Waals surface area contributed by atoms with Crippen LogP contribution in [0.5, 0.6) is 0 Å². The molecule has 2 atom stereocenters. The highest BCUT2D eigenvalue weighted by Gasteiger charge is 2.44. The lowest BCUT2D eigenvalue weighted by atomic mass is 10.1. The summed E-state index contributed by atoms with van der Waals surface area (Å²) in [5.41, 5.74) is 0. The zero-order valence-electron chi connectivity index (χ0n) is 6.05. The second-order valence-electron chi connectivity index (χ2n) is 2.88. The highest BCUT2D eigenvalue weighted by molar-refractivity contribution is 5.83. The van der Waals surface area contributed by atoms with Crippen LogP contribution in [0, 0.1) is 5.92 Å². The van der Waals surface area contributed by atoms with Gasteiger partial charge in [0.2, 0.25) is 0 Å². The number of hydrogen-bond donors (Lipinski definition) is 0. The van der Waals surface area contributed by atoms with E-state index in [0.717, 1.165) is 0 Å². The van der Waals surface area contributed by atoms with Gasteiger partial charge in [0.25, 0.3) is 0 Å². The molecule has 1 aliphatic heterocycles. The van der Waals surface area contributed by atoms with Gasteiger partial charge in [-0.15, -0.1) is 0 Å². The van der Waals surface area contributed by atoms with Gasteiger partial charge in [-0.1, -0.05) is 13.8 Å². The molecule has 1 saturated heterocycles. The fraction of sp³-hybridized carbons (Fsp3) is 0.857. The van der Waals surface area contributed by atoms with Gasteiger partial charge < -0.3 is 4.74 Å². The standard InChI is InChI=1S/C7H12O2/c1-4(2)6-7(9-6)5(3)8/h4,6-7H,1-3H3/t6-,7-/m0/s1. The van der Waals surface area contributed by atoms with Crippen LogP contribution < -0.4 is 0 Å². The number of carbonyl (C=O) groups is 1. The molecule has 9 heavy (non-hydrogen) atoms. The van der Waals surface area contributed by atoms with E-state index in [4.69, 9.17) is 4.74 Å². The first-order chi connectivity index (χ1) is 4.13. The van der Waals surface area contributed by atoms with Crippen LogP contribution in [0.25, 0.3) is 0 Å². The Hall–Kier alpha value is -0.370. The summed E-state index contributed by atoms with van der Waals surface area (Å²) in [6.07, 6.45) is 0.132. The summed E-state index contributed by atoms with van der Waals surface area (Å²) in [5, 5.41) is 0. The monoisotopic (exact) mass is 128 g/mol. The van der Waals surface area contributed by atoms with Crippen molar-refractivity contribution in [2.75, 3.05) is 0 Å². The Kier molecular flexibility index (Phi) is 1.58. The molecule has 0 spiro atoms. The highest BCUT2D eigenvalue weighted by Crippen LogP contribution is 2.29. The minimum absolute atomic E-state index is 0.0787. The van der Waals surface area contributed by atoms with Gasteiger partial charge in [-0.05, 0) is 12.8 Å². The predicted octanol–water partition coefficient (Wildman–Crippen LogP) is 0.999. The first-order valence-corrected chi connectivity index (χ1v) is 3.29. The fourth-order valence-corrected chi connectivity index (χ4v) is 0.958. The molecule has 1 heterocycles. The van der Waals surface area contributed by atoms with Gasteiger partial charge in [-0.2, -0.15) is 0 Å². The number of carbonyl (C=O) groups excluding carboxylic acids is 1. The topological polar surface area (TPSA) is 29.6 Å². The summed E-state index contributed by atoms with van der Waals surface area (Å²) in [6.45, 7) is 5.70. The molecule has 0 radical (unpaired) electrons. The minimum Gasteiger partial charge on any atom is -0.361 e. The maximum Gasteiger partial charge on any atom is 0.161 e. The summed E-state index contributed by atoms with van der Waals surface area (Å²) >= 11 is 0. The number of Topliss-reactive ketones (excluding diaryl/α,β-unsaturated/α-hetero) is 1. The zero-order valence-corrected chi connectivity index (χ0v) is 6.05. The van der Waals surface area contributed by atoms with Crippen molar-refractivity contribution in [2.24, 2.45) is 5.92 Å². The average molecular weight is 128 g/mol. The van der Waals surface area contributed by atoms with Crippen molar-refractivity contribution in [3.63, 3.8) is 0 Å². The molecule has 0 aliphatic carbocycles.